The molecule has 0 aromatic heterocycles. The van der Waals surface area contributed by atoms with Crippen molar-refractivity contribution in [2.75, 3.05) is 26.2 Å². The molecule has 0 radical (unpaired) electrons. The first-order valence-electron chi connectivity index (χ1n) is 16.4. The monoisotopic (exact) mass is 720 g/mol. The third-order valence-corrected chi connectivity index (χ3v) is 8.59. The number of aliphatic hydroxyl groups excluding tert-OH is 1. The molecule has 2 fully saturated rings. The van der Waals surface area contributed by atoms with E-state index in [1.54, 1.807) is 12.1 Å². The lowest BCUT2D eigenvalue weighted by molar-refractivity contribution is -0.147. The van der Waals surface area contributed by atoms with Crippen LogP contribution in [0.3, 0.4) is 0 Å². The molecule has 0 aliphatic carbocycles. The molecule has 8 N–H and O–H groups in total. The van der Waals surface area contributed by atoms with Crippen LogP contribution in [0.5, 0.6) is 5.75 Å². The number of phenols is 1. The molecular weight excluding hydrogens is 680 g/mol. The molecular formula is C33H40N10O9. The van der Waals surface area contributed by atoms with E-state index >= 15 is 0 Å². The van der Waals surface area contributed by atoms with Gasteiger partial charge in [0.2, 0.25) is 35.4 Å². The van der Waals surface area contributed by atoms with Crippen LogP contribution in [-0.4, -0.2) is 118 Å². The van der Waals surface area contributed by atoms with Gasteiger partial charge in [0.05, 0.1) is 19.2 Å². The summed E-state index contributed by atoms with van der Waals surface area (Å²) in [7, 11) is 0. The van der Waals surface area contributed by atoms with Gasteiger partial charge in [-0.05, 0) is 55.1 Å². The van der Waals surface area contributed by atoms with Crippen molar-refractivity contribution in [3.8, 4) is 5.75 Å². The van der Waals surface area contributed by atoms with Gasteiger partial charge in [-0.15, -0.1) is 0 Å². The molecule has 5 atom stereocenters. The Labute approximate surface area is 297 Å². The maximum atomic E-state index is 14.1. The summed E-state index contributed by atoms with van der Waals surface area (Å²) >= 11 is 0. The van der Waals surface area contributed by atoms with E-state index in [0.29, 0.717) is 12.0 Å². The molecule has 0 bridgehead atoms. The fourth-order valence-electron chi connectivity index (χ4n) is 6.00. The number of primary amides is 1. The van der Waals surface area contributed by atoms with Crippen molar-refractivity contribution >= 4 is 47.0 Å². The summed E-state index contributed by atoms with van der Waals surface area (Å²) in [5.74, 6) is -4.64. The summed E-state index contributed by atoms with van der Waals surface area (Å²) in [4.78, 5) is 95.1. The quantitative estimate of drug-likeness (QED) is 0.0704. The van der Waals surface area contributed by atoms with E-state index < -0.39 is 84.7 Å². The van der Waals surface area contributed by atoms with Crippen LogP contribution >= 0.6 is 0 Å². The number of aromatic hydroxyl groups is 1. The second kappa shape index (κ2) is 17.6. The van der Waals surface area contributed by atoms with Crippen LogP contribution < -0.4 is 27.0 Å². The molecule has 19 heteroatoms. The molecule has 2 saturated heterocycles. The van der Waals surface area contributed by atoms with Crippen molar-refractivity contribution in [2.24, 2.45) is 10.8 Å². The minimum Gasteiger partial charge on any atom is -0.508 e. The van der Waals surface area contributed by atoms with Gasteiger partial charge in [0.1, 0.15) is 29.9 Å². The molecule has 19 nitrogen and oxygen atoms in total. The number of nitrogens with one attached hydrogen (secondary N) is 4. The Morgan fingerprint density at radius 1 is 0.962 bits per heavy atom. The highest BCUT2D eigenvalue weighted by molar-refractivity contribution is 5.99. The zero-order valence-corrected chi connectivity index (χ0v) is 28.2. The summed E-state index contributed by atoms with van der Waals surface area (Å²) < 4.78 is 0. The number of carbonyl (C=O) groups is 7. The topological polar surface area (TPSA) is 289 Å². The summed E-state index contributed by atoms with van der Waals surface area (Å²) in [5.41, 5.74) is 14.7. The van der Waals surface area contributed by atoms with Gasteiger partial charge in [0, 0.05) is 42.1 Å². The highest BCUT2D eigenvalue weighted by atomic mass is 16.3. The van der Waals surface area contributed by atoms with Crippen molar-refractivity contribution < 1.29 is 43.8 Å². The van der Waals surface area contributed by atoms with Crippen molar-refractivity contribution in [3.05, 3.63) is 70.1 Å². The number of β-amino-alcohol motifs (C(OH)–C–C–N with tert-alkyl or cyclic N) is 1. The summed E-state index contributed by atoms with van der Waals surface area (Å²) in [6.07, 6.45) is -0.463. The van der Waals surface area contributed by atoms with Gasteiger partial charge in [0.15, 0.2) is 0 Å². The number of likely N-dealkylation sites (tertiary alicyclic amines) is 2. The van der Waals surface area contributed by atoms with Crippen molar-refractivity contribution in [3.63, 3.8) is 0 Å². The predicted molar refractivity (Wildman–Crippen MR) is 182 cm³/mol. The van der Waals surface area contributed by atoms with E-state index in [1.165, 1.54) is 53.1 Å². The smallest absolute Gasteiger partial charge is 0.251 e. The molecule has 2 aliphatic heterocycles. The first-order chi connectivity index (χ1) is 24.8. The SMILES string of the molecule is C[C@H](NC(=O)CNC(=O)[C@@H]1C[C@@H](O)CN1C(=O)[C@@H]1CCCN1C(=O)[C@H](Cc1ccc(O)cc1)NC(=O)c1ccc(N=[N+]=[N-])cc1)C(=O)NCC(N)=O. The molecule has 52 heavy (non-hydrogen) atoms. The number of carbonyl (C=O) groups excluding carboxylic acids is 7. The largest absolute Gasteiger partial charge is 0.508 e. The number of rotatable bonds is 14. The van der Waals surface area contributed by atoms with Crippen molar-refractivity contribution in [1.29, 1.82) is 0 Å². The maximum Gasteiger partial charge on any atom is 0.251 e. The molecule has 2 aliphatic rings. The lowest BCUT2D eigenvalue weighted by Crippen LogP contribution is -2.57. The van der Waals surface area contributed by atoms with Crippen LogP contribution in [0.15, 0.2) is 53.6 Å². The van der Waals surface area contributed by atoms with Crippen LogP contribution in [0.25, 0.3) is 10.4 Å². The highest BCUT2D eigenvalue weighted by Crippen LogP contribution is 2.27. The van der Waals surface area contributed by atoms with Gasteiger partial charge in [0.25, 0.3) is 5.91 Å². The second-order valence-corrected chi connectivity index (χ2v) is 12.4. The fraction of sp³-hybridized carbons (Fsp3) is 0.424. The van der Waals surface area contributed by atoms with E-state index in [9.17, 15) is 43.8 Å². The Morgan fingerprint density at radius 3 is 2.31 bits per heavy atom. The normalized spacial score (nSPS) is 19.1. The van der Waals surface area contributed by atoms with Gasteiger partial charge in [-0.2, -0.15) is 0 Å². The Balaban J connectivity index is 1.45. The molecule has 276 valence electrons. The standard InChI is InChI=1S/C33H40N10O9/c1-18(29(48)36-15-27(34)46)38-28(47)16-37-31(50)26-14-23(45)17-43(26)33(52)25-3-2-12-42(25)32(51)24(13-19-4-10-22(44)11-5-19)39-30(49)20-6-8-21(9-7-20)40-41-35/h4-11,18,23-26,44-45H,2-3,12-17H2,1H3,(H2,34,46)(H,36,48)(H,37,50)(H,38,47)(H,39,49)/t18-,23+,24-,25-,26-/m0/s1. The first kappa shape index (κ1) is 38.6. The lowest BCUT2D eigenvalue weighted by Gasteiger charge is -2.33. The summed E-state index contributed by atoms with van der Waals surface area (Å²) in [6, 6.07) is 7.44. The van der Waals surface area contributed by atoms with E-state index in [-0.39, 0.29) is 49.4 Å². The summed E-state index contributed by atoms with van der Waals surface area (Å²) in [6.45, 7) is 0.372. The molecule has 2 aromatic carbocycles. The number of aliphatic hydroxyl groups is 1. The number of azide groups is 1. The zero-order valence-electron chi connectivity index (χ0n) is 28.2. The zero-order chi connectivity index (χ0) is 37.9. The average Bonchev–Trinajstić information content (AvgIpc) is 3.77. The number of nitrogens with two attached hydrogens (primary N) is 1. The molecule has 2 aromatic rings. The Morgan fingerprint density at radius 2 is 1.65 bits per heavy atom. The van der Waals surface area contributed by atoms with Crippen LogP contribution in [0, 0.1) is 0 Å². The number of benzene rings is 2. The van der Waals surface area contributed by atoms with Crippen molar-refractivity contribution in [2.45, 2.75) is 62.9 Å². The average molecular weight is 721 g/mol. The molecule has 0 spiro atoms. The van der Waals surface area contributed by atoms with Crippen LogP contribution in [0.4, 0.5) is 5.69 Å². The lowest BCUT2D eigenvalue weighted by atomic mass is 10.0. The maximum absolute atomic E-state index is 14.1. The van der Waals surface area contributed by atoms with Gasteiger partial charge < -0.3 is 47.0 Å². The Kier molecular flexibility index (Phi) is 13.1. The van der Waals surface area contributed by atoms with Gasteiger partial charge in [-0.25, -0.2) is 0 Å². The van der Waals surface area contributed by atoms with Gasteiger partial charge in [-0.1, -0.05) is 29.4 Å². The number of hydrogen-bond acceptors (Lipinski definition) is 10. The van der Waals surface area contributed by atoms with E-state index in [0.717, 1.165) is 0 Å². The Bertz CT molecular complexity index is 1730. The molecule has 0 saturated carbocycles. The Hall–Kier alpha value is -6.20. The van der Waals surface area contributed by atoms with Crippen LogP contribution in [0.2, 0.25) is 0 Å². The summed E-state index contributed by atoms with van der Waals surface area (Å²) in [5, 5.41) is 33.4. The second-order valence-electron chi connectivity index (χ2n) is 12.4. The van der Waals surface area contributed by atoms with E-state index in [4.69, 9.17) is 11.3 Å². The molecule has 7 amide bonds. The number of nitrogens with zero attached hydrogens (tertiary/aromatic N) is 5. The minimum absolute atomic E-state index is 0.00651. The molecule has 0 unspecified atom stereocenters. The first-order valence-corrected chi connectivity index (χ1v) is 16.4. The highest BCUT2D eigenvalue weighted by Gasteiger charge is 2.45. The van der Waals surface area contributed by atoms with Crippen molar-refractivity contribution in [1.82, 2.24) is 31.1 Å². The molecule has 4 rings (SSSR count). The number of phenolic OH excluding ortho intramolecular Hbond substituents is 1. The molecule has 2 heterocycles. The fourth-order valence-corrected chi connectivity index (χ4v) is 6.00. The number of hydrogen-bond donors (Lipinski definition) is 7. The van der Waals surface area contributed by atoms with E-state index in [1.807, 2.05) is 0 Å². The third-order valence-electron chi connectivity index (χ3n) is 8.59. The van der Waals surface area contributed by atoms with Crippen LogP contribution in [0.1, 0.15) is 42.1 Å². The third kappa shape index (κ3) is 10.2. The van der Waals surface area contributed by atoms with Crippen LogP contribution in [-0.2, 0) is 35.2 Å². The minimum atomic E-state index is -1.16. The predicted octanol–water partition coefficient (Wildman–Crippen LogP) is -1.15. The number of amides is 7. The van der Waals surface area contributed by atoms with Gasteiger partial charge in [-0.3, -0.25) is 33.6 Å². The van der Waals surface area contributed by atoms with E-state index in [2.05, 4.69) is 31.3 Å². The van der Waals surface area contributed by atoms with Gasteiger partial charge >= 0.3 is 0 Å².